The summed E-state index contributed by atoms with van der Waals surface area (Å²) in [5.41, 5.74) is 7.15. The average molecular weight is 312 g/mol. The molecule has 0 saturated heterocycles. The van der Waals surface area contributed by atoms with Crippen LogP contribution in [0.2, 0.25) is 0 Å². The van der Waals surface area contributed by atoms with Crippen LogP contribution >= 0.6 is 15.9 Å². The van der Waals surface area contributed by atoms with Gasteiger partial charge in [0.2, 0.25) is 0 Å². The van der Waals surface area contributed by atoms with Crippen LogP contribution in [0.25, 0.3) is 0 Å². The summed E-state index contributed by atoms with van der Waals surface area (Å²) in [6.45, 7) is 4.02. The molecule has 0 amide bonds. The van der Waals surface area contributed by atoms with Crippen molar-refractivity contribution in [2.24, 2.45) is 11.7 Å². The van der Waals surface area contributed by atoms with E-state index in [0.29, 0.717) is 12.0 Å². The first kappa shape index (κ1) is 13.8. The van der Waals surface area contributed by atoms with Gasteiger partial charge in [-0.2, -0.15) is 0 Å². The fourth-order valence-corrected chi connectivity index (χ4v) is 3.39. The third kappa shape index (κ3) is 3.04. The van der Waals surface area contributed by atoms with E-state index in [1.807, 2.05) is 12.4 Å². The van der Waals surface area contributed by atoms with Gasteiger partial charge in [-0.3, -0.25) is 4.98 Å². The van der Waals surface area contributed by atoms with Crippen molar-refractivity contribution in [3.8, 4) is 0 Å². The van der Waals surface area contributed by atoms with Crippen LogP contribution in [0.1, 0.15) is 32.6 Å². The molecule has 4 heteroatoms. The summed E-state index contributed by atoms with van der Waals surface area (Å²) in [6.07, 6.45) is 8.95. The maximum Gasteiger partial charge on any atom is 0.0566 e. The average Bonchev–Trinajstić information content (AvgIpc) is 2.40. The molecule has 0 aromatic carbocycles. The Hall–Kier alpha value is -0.610. The second-order valence-corrected chi connectivity index (χ2v) is 5.91. The largest absolute Gasteiger partial charge is 0.367 e. The highest BCUT2D eigenvalue weighted by Crippen LogP contribution is 2.31. The van der Waals surface area contributed by atoms with Crippen LogP contribution in [0.15, 0.2) is 22.9 Å². The molecule has 1 aromatic heterocycles. The third-order valence-corrected chi connectivity index (χ3v) is 4.37. The first-order valence-electron chi connectivity index (χ1n) is 6.83. The SMILES string of the molecule is CCN(c1cncc(Br)c1)C1CCCCC1CN. The number of halogens is 1. The van der Waals surface area contributed by atoms with E-state index in [4.69, 9.17) is 5.73 Å². The fourth-order valence-electron chi connectivity index (χ4n) is 3.04. The lowest BCUT2D eigenvalue weighted by atomic mass is 9.83. The molecule has 1 aliphatic rings. The number of nitrogens with zero attached hydrogens (tertiary/aromatic N) is 2. The van der Waals surface area contributed by atoms with Crippen LogP contribution < -0.4 is 10.6 Å². The van der Waals surface area contributed by atoms with Gasteiger partial charge in [-0.15, -0.1) is 0 Å². The van der Waals surface area contributed by atoms with E-state index in [-0.39, 0.29) is 0 Å². The fraction of sp³-hybridized carbons (Fsp3) is 0.643. The summed E-state index contributed by atoms with van der Waals surface area (Å²) in [5, 5.41) is 0. The van der Waals surface area contributed by atoms with Crippen molar-refractivity contribution in [3.63, 3.8) is 0 Å². The first-order valence-corrected chi connectivity index (χ1v) is 7.62. The van der Waals surface area contributed by atoms with Gasteiger partial charge in [0.05, 0.1) is 11.9 Å². The molecule has 1 fully saturated rings. The third-order valence-electron chi connectivity index (χ3n) is 3.93. The predicted octanol–water partition coefficient (Wildman–Crippen LogP) is 3.19. The van der Waals surface area contributed by atoms with Crippen molar-refractivity contribution in [2.45, 2.75) is 38.6 Å². The molecule has 3 nitrogen and oxygen atoms in total. The van der Waals surface area contributed by atoms with Crippen molar-refractivity contribution in [2.75, 3.05) is 18.0 Å². The molecule has 1 aromatic rings. The van der Waals surface area contributed by atoms with Crippen molar-refractivity contribution >= 4 is 21.6 Å². The monoisotopic (exact) mass is 311 g/mol. The van der Waals surface area contributed by atoms with Crippen molar-refractivity contribution in [1.29, 1.82) is 0 Å². The minimum atomic E-state index is 0.574. The molecule has 0 radical (unpaired) electrons. The van der Waals surface area contributed by atoms with Crippen molar-refractivity contribution in [1.82, 2.24) is 4.98 Å². The van der Waals surface area contributed by atoms with Crippen LogP contribution in [0, 0.1) is 5.92 Å². The van der Waals surface area contributed by atoms with Gasteiger partial charge < -0.3 is 10.6 Å². The van der Waals surface area contributed by atoms with Gasteiger partial charge >= 0.3 is 0 Å². The Labute approximate surface area is 118 Å². The molecule has 0 bridgehead atoms. The molecule has 1 saturated carbocycles. The van der Waals surface area contributed by atoms with Crippen LogP contribution in [-0.2, 0) is 0 Å². The number of aromatic nitrogens is 1. The van der Waals surface area contributed by atoms with E-state index < -0.39 is 0 Å². The molecule has 1 aliphatic carbocycles. The summed E-state index contributed by atoms with van der Waals surface area (Å²) in [6, 6.07) is 2.73. The highest BCUT2D eigenvalue weighted by atomic mass is 79.9. The second-order valence-electron chi connectivity index (χ2n) is 4.99. The molecular formula is C14H22BrN3. The van der Waals surface area contributed by atoms with Crippen LogP contribution in [0.5, 0.6) is 0 Å². The second kappa shape index (κ2) is 6.53. The zero-order valence-corrected chi connectivity index (χ0v) is 12.6. The van der Waals surface area contributed by atoms with Crippen molar-refractivity contribution < 1.29 is 0 Å². The van der Waals surface area contributed by atoms with Gasteiger partial charge in [-0.25, -0.2) is 0 Å². The minimum absolute atomic E-state index is 0.574. The standard InChI is InChI=1S/C14H22BrN3/c1-2-18(13-7-12(15)9-17-10-13)14-6-4-3-5-11(14)8-16/h7,9-11,14H,2-6,8,16H2,1H3. The van der Waals surface area contributed by atoms with E-state index in [1.54, 1.807) is 0 Å². The molecule has 2 atom stereocenters. The summed E-state index contributed by atoms with van der Waals surface area (Å²) in [5.74, 6) is 0.623. The number of anilines is 1. The van der Waals surface area contributed by atoms with E-state index >= 15 is 0 Å². The lowest BCUT2D eigenvalue weighted by Gasteiger charge is -2.40. The van der Waals surface area contributed by atoms with E-state index in [0.717, 1.165) is 17.6 Å². The van der Waals surface area contributed by atoms with Gasteiger partial charge in [0, 0.05) is 23.3 Å². The number of hydrogen-bond donors (Lipinski definition) is 1. The smallest absolute Gasteiger partial charge is 0.0566 e. The van der Waals surface area contributed by atoms with E-state index in [9.17, 15) is 0 Å². The predicted molar refractivity (Wildman–Crippen MR) is 79.8 cm³/mol. The summed E-state index contributed by atoms with van der Waals surface area (Å²) in [4.78, 5) is 6.75. The molecule has 0 aliphatic heterocycles. The van der Waals surface area contributed by atoms with Crippen molar-refractivity contribution in [3.05, 3.63) is 22.9 Å². The van der Waals surface area contributed by atoms with Crippen LogP contribution in [0.3, 0.4) is 0 Å². The summed E-state index contributed by atoms with van der Waals surface area (Å²) >= 11 is 3.50. The number of rotatable bonds is 4. The van der Waals surface area contributed by atoms with Crippen LogP contribution in [0.4, 0.5) is 5.69 Å². The molecule has 2 rings (SSSR count). The molecule has 18 heavy (non-hydrogen) atoms. The maximum atomic E-state index is 5.94. The number of pyridine rings is 1. The summed E-state index contributed by atoms with van der Waals surface area (Å²) in [7, 11) is 0. The zero-order chi connectivity index (χ0) is 13.0. The molecular weight excluding hydrogens is 290 g/mol. The molecule has 0 spiro atoms. The Bertz CT molecular complexity index is 383. The number of nitrogens with two attached hydrogens (primary N) is 1. The van der Waals surface area contributed by atoms with E-state index in [2.05, 4.69) is 38.8 Å². The van der Waals surface area contributed by atoms with Crippen LogP contribution in [-0.4, -0.2) is 24.1 Å². The highest BCUT2D eigenvalue weighted by molar-refractivity contribution is 9.10. The van der Waals surface area contributed by atoms with Gasteiger partial charge in [0.15, 0.2) is 0 Å². The molecule has 1 heterocycles. The molecule has 2 unspecified atom stereocenters. The highest BCUT2D eigenvalue weighted by Gasteiger charge is 2.28. The topological polar surface area (TPSA) is 42.2 Å². The van der Waals surface area contributed by atoms with Gasteiger partial charge in [0.25, 0.3) is 0 Å². The number of hydrogen-bond acceptors (Lipinski definition) is 3. The Kier molecular flexibility index (Phi) is 5.01. The van der Waals surface area contributed by atoms with Gasteiger partial charge in [0.1, 0.15) is 0 Å². The minimum Gasteiger partial charge on any atom is -0.367 e. The van der Waals surface area contributed by atoms with Gasteiger partial charge in [-0.05, 0) is 54.2 Å². The zero-order valence-electron chi connectivity index (χ0n) is 11.0. The maximum absolute atomic E-state index is 5.94. The Morgan fingerprint density at radius 1 is 1.39 bits per heavy atom. The Morgan fingerprint density at radius 2 is 2.17 bits per heavy atom. The molecule has 100 valence electrons. The summed E-state index contributed by atoms with van der Waals surface area (Å²) < 4.78 is 1.04. The Balaban J connectivity index is 2.21. The van der Waals surface area contributed by atoms with Gasteiger partial charge in [-0.1, -0.05) is 12.8 Å². The normalized spacial score (nSPS) is 23.9. The van der Waals surface area contributed by atoms with E-state index in [1.165, 1.54) is 31.4 Å². The Morgan fingerprint density at radius 3 is 2.83 bits per heavy atom. The lowest BCUT2D eigenvalue weighted by molar-refractivity contribution is 0.300. The quantitative estimate of drug-likeness (QED) is 0.928. The molecule has 2 N–H and O–H groups in total. The first-order chi connectivity index (χ1) is 8.76. The lowest BCUT2D eigenvalue weighted by Crippen LogP contribution is -2.45.